The lowest BCUT2D eigenvalue weighted by molar-refractivity contribution is -0.138. The number of nitrogens with two attached hydrogens (primary N) is 1. The number of alkyl halides is 3. The topological polar surface area (TPSA) is 65.2 Å². The third kappa shape index (κ3) is 5.57. The summed E-state index contributed by atoms with van der Waals surface area (Å²) in [5.74, 6) is -0.343. The van der Waals surface area contributed by atoms with Gasteiger partial charge in [-0.3, -0.25) is 4.79 Å². The lowest BCUT2D eigenvalue weighted by Crippen LogP contribution is -2.08. The van der Waals surface area contributed by atoms with Crippen molar-refractivity contribution in [3.63, 3.8) is 0 Å². The maximum Gasteiger partial charge on any atom is 0.419 e. The van der Waals surface area contributed by atoms with Crippen LogP contribution in [-0.2, 0) is 6.18 Å². The number of nitrogens with zero attached hydrogens (tertiary/aromatic N) is 1. The van der Waals surface area contributed by atoms with Crippen LogP contribution in [0.5, 0.6) is 5.75 Å². The molecule has 1 heterocycles. The number of carbonyl (C=O) groups excluding carboxylic acids is 1. The van der Waals surface area contributed by atoms with Crippen LogP contribution in [0.25, 0.3) is 20.8 Å². The van der Waals surface area contributed by atoms with Crippen molar-refractivity contribution in [1.29, 1.82) is 0 Å². The Morgan fingerprint density at radius 1 is 1.06 bits per heavy atom. The van der Waals surface area contributed by atoms with Crippen LogP contribution in [0.4, 0.5) is 18.9 Å². The van der Waals surface area contributed by atoms with E-state index in [1.54, 1.807) is 11.3 Å². The molecule has 166 valence electrons. The molecule has 0 spiro atoms. The van der Waals surface area contributed by atoms with E-state index >= 15 is 0 Å². The summed E-state index contributed by atoms with van der Waals surface area (Å²) in [4.78, 5) is 15.3. The van der Waals surface area contributed by atoms with Crippen molar-refractivity contribution >= 4 is 44.1 Å². The van der Waals surface area contributed by atoms with Crippen molar-refractivity contribution in [2.75, 3.05) is 12.8 Å². The van der Waals surface area contributed by atoms with Crippen LogP contribution in [0, 0.1) is 6.92 Å². The number of hydrogen-bond acceptors (Lipinski definition) is 5. The largest absolute Gasteiger partial charge is 0.496 e. The van der Waals surface area contributed by atoms with Crippen molar-refractivity contribution in [1.82, 2.24) is 4.98 Å². The van der Waals surface area contributed by atoms with Gasteiger partial charge in [-0.15, -0.1) is 11.3 Å². The maximum atomic E-state index is 12.4. The Morgan fingerprint density at radius 2 is 1.75 bits per heavy atom. The number of anilines is 1. The zero-order valence-corrected chi connectivity index (χ0v) is 18.6. The number of nitrogen functional groups attached to an aromatic ring is 1. The van der Waals surface area contributed by atoms with Gasteiger partial charge in [-0.2, -0.15) is 13.2 Å². The average molecular weight is 479 g/mol. The van der Waals surface area contributed by atoms with Gasteiger partial charge >= 0.3 is 6.18 Å². The SMILES string of the molecule is COc1ccc(C(=O)Cl)cc1C(F)(F)F.Cc1ccc2nc(-c3ccc(N)cc3)sc2c1. The van der Waals surface area contributed by atoms with E-state index in [2.05, 4.69) is 34.8 Å². The third-order valence-corrected chi connectivity index (χ3v) is 5.72. The van der Waals surface area contributed by atoms with Crippen molar-refractivity contribution in [2.45, 2.75) is 13.1 Å². The highest BCUT2D eigenvalue weighted by Crippen LogP contribution is 2.37. The van der Waals surface area contributed by atoms with Crippen LogP contribution in [0.3, 0.4) is 0 Å². The Bertz CT molecular complexity index is 1250. The molecule has 0 radical (unpaired) electrons. The standard InChI is InChI=1S/C14H12N2S.C9H6ClF3O2/c1-9-2-7-12-13(8-9)17-14(16-12)10-3-5-11(15)6-4-10;1-15-7-3-2-5(8(10)14)4-6(7)9(11,12)13/h2-8H,15H2,1H3;2-4H,1H3. The summed E-state index contributed by atoms with van der Waals surface area (Å²) in [6.07, 6.45) is -4.58. The highest BCUT2D eigenvalue weighted by Gasteiger charge is 2.34. The molecule has 3 aromatic carbocycles. The summed E-state index contributed by atoms with van der Waals surface area (Å²) in [6, 6.07) is 17.1. The van der Waals surface area contributed by atoms with E-state index in [-0.39, 0.29) is 11.3 Å². The van der Waals surface area contributed by atoms with Gasteiger partial charge in [-0.05, 0) is 78.7 Å². The average Bonchev–Trinajstić information content (AvgIpc) is 3.16. The molecule has 0 amide bonds. The van der Waals surface area contributed by atoms with Crippen LogP contribution in [-0.4, -0.2) is 17.3 Å². The molecular formula is C23H18ClF3N2O2S. The fourth-order valence-electron chi connectivity index (χ4n) is 2.83. The molecule has 0 saturated carbocycles. The predicted molar refractivity (Wildman–Crippen MR) is 122 cm³/mol. The number of aromatic nitrogens is 1. The van der Waals surface area contributed by atoms with Crippen molar-refractivity contribution in [2.24, 2.45) is 0 Å². The van der Waals surface area contributed by atoms with E-state index in [0.717, 1.165) is 35.0 Å². The summed E-state index contributed by atoms with van der Waals surface area (Å²) < 4.78 is 43.1. The number of benzene rings is 3. The summed E-state index contributed by atoms with van der Waals surface area (Å²) in [7, 11) is 1.12. The number of hydrogen-bond donors (Lipinski definition) is 1. The molecule has 0 saturated heterocycles. The van der Waals surface area contributed by atoms with Crippen LogP contribution in [0.1, 0.15) is 21.5 Å². The second-order valence-electron chi connectivity index (χ2n) is 6.80. The van der Waals surface area contributed by atoms with Gasteiger partial charge < -0.3 is 10.5 Å². The molecule has 4 rings (SSSR count). The van der Waals surface area contributed by atoms with E-state index < -0.39 is 17.0 Å². The van der Waals surface area contributed by atoms with E-state index in [1.807, 2.05) is 24.3 Å². The summed E-state index contributed by atoms with van der Waals surface area (Å²) in [5, 5.41) is 0.105. The molecule has 2 N–H and O–H groups in total. The minimum atomic E-state index is -4.58. The molecule has 9 heteroatoms. The molecule has 4 aromatic rings. The Hall–Kier alpha value is -3.10. The molecule has 0 atom stereocenters. The normalized spacial score (nSPS) is 11.1. The first kappa shape index (κ1) is 23.6. The second-order valence-corrected chi connectivity index (χ2v) is 8.17. The molecule has 32 heavy (non-hydrogen) atoms. The maximum absolute atomic E-state index is 12.4. The van der Waals surface area contributed by atoms with Crippen LogP contribution in [0.2, 0.25) is 0 Å². The van der Waals surface area contributed by atoms with Crippen LogP contribution >= 0.6 is 22.9 Å². The van der Waals surface area contributed by atoms with Crippen LogP contribution < -0.4 is 10.5 Å². The van der Waals surface area contributed by atoms with Gasteiger partial charge in [-0.25, -0.2) is 4.98 Å². The minimum Gasteiger partial charge on any atom is -0.496 e. The van der Waals surface area contributed by atoms with Gasteiger partial charge in [0.15, 0.2) is 0 Å². The highest BCUT2D eigenvalue weighted by molar-refractivity contribution is 7.21. The zero-order chi connectivity index (χ0) is 23.5. The lowest BCUT2D eigenvalue weighted by Gasteiger charge is -2.12. The Labute approximate surface area is 191 Å². The Morgan fingerprint density at radius 3 is 2.34 bits per heavy atom. The minimum absolute atomic E-state index is 0.218. The zero-order valence-electron chi connectivity index (χ0n) is 17.0. The van der Waals surface area contributed by atoms with Gasteiger partial charge in [0.25, 0.3) is 5.24 Å². The summed E-state index contributed by atoms with van der Waals surface area (Å²) >= 11 is 6.79. The first-order chi connectivity index (χ1) is 15.1. The number of rotatable bonds is 3. The first-order valence-electron chi connectivity index (χ1n) is 9.26. The fourth-order valence-corrected chi connectivity index (χ4v) is 4.02. The molecule has 1 aromatic heterocycles. The highest BCUT2D eigenvalue weighted by atomic mass is 35.5. The molecule has 0 aliphatic carbocycles. The summed E-state index contributed by atoms with van der Waals surface area (Å²) in [5.41, 5.74) is 8.69. The number of methoxy groups -OCH3 is 1. The predicted octanol–water partition coefficient (Wildman–Crippen LogP) is 6.95. The third-order valence-electron chi connectivity index (χ3n) is 4.43. The smallest absolute Gasteiger partial charge is 0.419 e. The number of fused-ring (bicyclic) bond motifs is 1. The van der Waals surface area contributed by atoms with Crippen molar-refractivity contribution in [3.05, 3.63) is 77.4 Å². The molecule has 0 aliphatic heterocycles. The fraction of sp³-hybridized carbons (Fsp3) is 0.130. The Kier molecular flexibility index (Phi) is 7.06. The van der Waals surface area contributed by atoms with Gasteiger partial charge in [0.2, 0.25) is 0 Å². The van der Waals surface area contributed by atoms with Gasteiger partial charge in [0.1, 0.15) is 10.8 Å². The number of ether oxygens (including phenoxy) is 1. The summed E-state index contributed by atoms with van der Waals surface area (Å²) in [6.45, 7) is 2.10. The van der Waals surface area contributed by atoms with Crippen LogP contribution in [0.15, 0.2) is 60.7 Å². The number of halogens is 4. The molecule has 0 fully saturated rings. The number of thiazole rings is 1. The monoisotopic (exact) mass is 478 g/mol. The quantitative estimate of drug-likeness (QED) is 0.255. The molecule has 0 unspecified atom stereocenters. The van der Waals surface area contributed by atoms with Crippen molar-refractivity contribution < 1.29 is 22.7 Å². The lowest BCUT2D eigenvalue weighted by atomic mass is 10.1. The molecule has 4 nitrogen and oxygen atoms in total. The molecular weight excluding hydrogens is 461 g/mol. The van der Waals surface area contributed by atoms with E-state index in [1.165, 1.54) is 16.3 Å². The van der Waals surface area contributed by atoms with E-state index in [9.17, 15) is 18.0 Å². The van der Waals surface area contributed by atoms with E-state index in [4.69, 9.17) is 17.3 Å². The first-order valence-corrected chi connectivity index (χ1v) is 10.5. The van der Waals surface area contributed by atoms with Crippen molar-refractivity contribution in [3.8, 4) is 16.3 Å². The number of carbonyl (C=O) groups is 1. The second kappa shape index (κ2) is 9.58. The number of aryl methyl sites for hydroxylation is 1. The van der Waals surface area contributed by atoms with Gasteiger partial charge in [0, 0.05) is 16.8 Å². The molecule has 0 aliphatic rings. The van der Waals surface area contributed by atoms with Gasteiger partial charge in [-0.1, -0.05) is 6.07 Å². The van der Waals surface area contributed by atoms with E-state index in [0.29, 0.717) is 6.07 Å². The van der Waals surface area contributed by atoms with Gasteiger partial charge in [0.05, 0.1) is 22.9 Å². The Balaban J connectivity index is 0.000000183. The molecule has 0 bridgehead atoms.